The summed E-state index contributed by atoms with van der Waals surface area (Å²) in [6.07, 6.45) is 1.79. The third kappa shape index (κ3) is 8.35. The van der Waals surface area contributed by atoms with Crippen molar-refractivity contribution in [2.75, 3.05) is 17.1 Å². The molecule has 2 aromatic rings. The van der Waals surface area contributed by atoms with Crippen LogP contribution in [0.1, 0.15) is 45.6 Å². The fourth-order valence-corrected chi connectivity index (χ4v) is 4.81. The summed E-state index contributed by atoms with van der Waals surface area (Å²) < 4.78 is 39.8. The van der Waals surface area contributed by atoms with Crippen molar-refractivity contribution < 1.29 is 22.4 Å². The van der Waals surface area contributed by atoms with Crippen molar-refractivity contribution in [3.63, 3.8) is 0 Å². The Bertz CT molecular complexity index is 1180. The summed E-state index contributed by atoms with van der Waals surface area (Å²) in [4.78, 5) is 27.5. The van der Waals surface area contributed by atoms with Gasteiger partial charge in [-0.2, -0.15) is 0 Å². The number of amides is 2. The number of nitrogens with one attached hydrogen (secondary N) is 1. The molecule has 0 heterocycles. The van der Waals surface area contributed by atoms with Crippen LogP contribution in [-0.2, 0) is 26.2 Å². The Labute approximate surface area is 222 Å². The van der Waals surface area contributed by atoms with Gasteiger partial charge in [0.1, 0.15) is 11.9 Å². The van der Waals surface area contributed by atoms with E-state index in [1.54, 1.807) is 25.1 Å². The summed E-state index contributed by atoms with van der Waals surface area (Å²) in [5.41, 5.74) is 0.603. The zero-order chi connectivity index (χ0) is 27.0. The van der Waals surface area contributed by atoms with Crippen LogP contribution in [0.4, 0.5) is 10.1 Å². The molecule has 0 radical (unpaired) electrons. The Balaban J connectivity index is 2.21. The summed E-state index contributed by atoms with van der Waals surface area (Å²) in [5, 5.41) is 3.58. The highest BCUT2D eigenvalue weighted by Gasteiger charge is 2.27. The second kappa shape index (κ2) is 13.3. The van der Waals surface area contributed by atoms with E-state index in [2.05, 4.69) is 5.32 Å². The number of halogens is 3. The average Bonchev–Trinajstić information content (AvgIpc) is 2.81. The Morgan fingerprint density at radius 3 is 2.33 bits per heavy atom. The van der Waals surface area contributed by atoms with Gasteiger partial charge < -0.3 is 10.2 Å². The van der Waals surface area contributed by atoms with Gasteiger partial charge in [-0.1, -0.05) is 48.3 Å². The molecule has 0 fully saturated rings. The van der Waals surface area contributed by atoms with Gasteiger partial charge in [0.15, 0.2) is 0 Å². The summed E-state index contributed by atoms with van der Waals surface area (Å²) >= 11 is 12.1. The predicted molar refractivity (Wildman–Crippen MR) is 142 cm³/mol. The smallest absolute Gasteiger partial charge is 0.242 e. The number of benzene rings is 2. The number of rotatable bonds is 12. The second-order valence-electron chi connectivity index (χ2n) is 8.65. The van der Waals surface area contributed by atoms with Crippen molar-refractivity contribution in [2.24, 2.45) is 0 Å². The van der Waals surface area contributed by atoms with Crippen LogP contribution in [0.2, 0.25) is 10.0 Å². The van der Waals surface area contributed by atoms with E-state index < -0.39 is 21.9 Å². The lowest BCUT2D eigenvalue weighted by molar-refractivity contribution is -0.140. The molecule has 198 valence electrons. The molecule has 0 aliphatic heterocycles. The predicted octanol–water partition coefficient (Wildman–Crippen LogP) is 5.01. The lowest BCUT2D eigenvalue weighted by Crippen LogP contribution is -2.49. The monoisotopic (exact) mass is 559 g/mol. The zero-order valence-electron chi connectivity index (χ0n) is 20.8. The molecule has 1 N–H and O–H groups in total. The average molecular weight is 561 g/mol. The first-order valence-corrected chi connectivity index (χ1v) is 14.2. The van der Waals surface area contributed by atoms with Crippen LogP contribution in [0, 0.1) is 5.82 Å². The molecule has 0 saturated heterocycles. The molecule has 2 aromatic carbocycles. The highest BCUT2D eigenvalue weighted by molar-refractivity contribution is 7.92. The molecule has 0 aliphatic rings. The van der Waals surface area contributed by atoms with E-state index in [-0.39, 0.29) is 49.5 Å². The van der Waals surface area contributed by atoms with Crippen LogP contribution in [-0.4, -0.2) is 50.0 Å². The molecule has 2 atom stereocenters. The molecular formula is C25H32Cl2FN3O4S. The lowest BCUT2D eigenvalue weighted by Gasteiger charge is -2.30. The normalized spacial score (nSPS) is 13.1. The zero-order valence-corrected chi connectivity index (χ0v) is 23.1. The molecule has 0 aromatic heterocycles. The van der Waals surface area contributed by atoms with Crippen LogP contribution >= 0.6 is 23.2 Å². The van der Waals surface area contributed by atoms with Gasteiger partial charge in [-0.25, -0.2) is 12.8 Å². The van der Waals surface area contributed by atoms with Crippen molar-refractivity contribution in [2.45, 2.75) is 58.7 Å². The maximum Gasteiger partial charge on any atom is 0.242 e. The summed E-state index contributed by atoms with van der Waals surface area (Å²) in [7, 11) is -3.79. The van der Waals surface area contributed by atoms with E-state index in [9.17, 15) is 22.4 Å². The Morgan fingerprint density at radius 2 is 1.75 bits per heavy atom. The molecule has 2 rings (SSSR count). The van der Waals surface area contributed by atoms with E-state index in [0.29, 0.717) is 15.6 Å². The van der Waals surface area contributed by atoms with Crippen LogP contribution in [0.15, 0.2) is 42.5 Å². The maximum absolute atomic E-state index is 14.3. The molecule has 0 aliphatic carbocycles. The molecule has 11 heteroatoms. The fourth-order valence-electron chi connectivity index (χ4n) is 3.52. The number of para-hydroxylation sites is 1. The molecule has 0 saturated carbocycles. The van der Waals surface area contributed by atoms with Gasteiger partial charge in [0.05, 0.1) is 22.0 Å². The van der Waals surface area contributed by atoms with Crippen molar-refractivity contribution in [1.82, 2.24) is 10.2 Å². The fraction of sp³-hybridized carbons (Fsp3) is 0.440. The first-order valence-electron chi connectivity index (χ1n) is 11.6. The van der Waals surface area contributed by atoms with Crippen molar-refractivity contribution in [3.8, 4) is 0 Å². The topological polar surface area (TPSA) is 86.8 Å². The van der Waals surface area contributed by atoms with E-state index in [4.69, 9.17) is 23.2 Å². The molecular weight excluding hydrogens is 528 g/mol. The summed E-state index contributed by atoms with van der Waals surface area (Å²) in [5.74, 6) is -1.33. The van der Waals surface area contributed by atoms with E-state index in [1.807, 2.05) is 13.8 Å². The second-order valence-corrected chi connectivity index (χ2v) is 11.4. The van der Waals surface area contributed by atoms with Gasteiger partial charge in [-0.3, -0.25) is 13.9 Å². The molecule has 2 amide bonds. The van der Waals surface area contributed by atoms with E-state index >= 15 is 0 Å². The minimum Gasteiger partial charge on any atom is -0.352 e. The van der Waals surface area contributed by atoms with Crippen LogP contribution in [0.25, 0.3) is 0 Å². The van der Waals surface area contributed by atoms with Crippen LogP contribution in [0.5, 0.6) is 0 Å². The number of sulfonamides is 1. The number of hydrogen-bond donors (Lipinski definition) is 1. The first kappa shape index (κ1) is 29.9. The molecule has 7 nitrogen and oxygen atoms in total. The van der Waals surface area contributed by atoms with Crippen LogP contribution in [0.3, 0.4) is 0 Å². The Morgan fingerprint density at radius 1 is 1.08 bits per heavy atom. The standard InChI is InChI=1S/C25H32Cl2FN3O4S/c1-5-17(2)29-25(33)18(3)30(16-19-12-13-20(26)21(27)15-19)24(32)11-8-14-31(36(4,34)35)23-10-7-6-9-22(23)28/h6-7,9-10,12-13,15,17-18H,5,8,11,14,16H2,1-4H3,(H,29,33)/t17-,18+/m1/s1. The molecule has 36 heavy (non-hydrogen) atoms. The Kier molecular flexibility index (Phi) is 11.0. The van der Waals surface area contributed by atoms with Gasteiger partial charge in [0.2, 0.25) is 21.8 Å². The minimum absolute atomic E-state index is 0.0528. The minimum atomic E-state index is -3.79. The SMILES string of the molecule is CC[C@@H](C)NC(=O)[C@H](C)N(Cc1ccc(Cl)c(Cl)c1)C(=O)CCCN(c1ccccc1F)S(C)(=O)=O. The summed E-state index contributed by atoms with van der Waals surface area (Å²) in [6.45, 7) is 5.46. The van der Waals surface area contributed by atoms with Gasteiger partial charge in [-0.15, -0.1) is 0 Å². The summed E-state index contributed by atoms with van der Waals surface area (Å²) in [6, 6.07) is 9.66. The number of hydrogen-bond acceptors (Lipinski definition) is 4. The highest BCUT2D eigenvalue weighted by Crippen LogP contribution is 2.25. The van der Waals surface area contributed by atoms with E-state index in [0.717, 1.165) is 17.0 Å². The van der Waals surface area contributed by atoms with Gasteiger partial charge in [0.25, 0.3) is 0 Å². The largest absolute Gasteiger partial charge is 0.352 e. The van der Waals surface area contributed by atoms with Gasteiger partial charge in [0, 0.05) is 25.6 Å². The van der Waals surface area contributed by atoms with Crippen molar-refractivity contribution in [1.29, 1.82) is 0 Å². The first-order chi connectivity index (χ1) is 16.8. The highest BCUT2D eigenvalue weighted by atomic mass is 35.5. The van der Waals surface area contributed by atoms with Gasteiger partial charge >= 0.3 is 0 Å². The molecule has 0 unspecified atom stereocenters. The number of nitrogens with zero attached hydrogens (tertiary/aromatic N) is 2. The molecule has 0 spiro atoms. The van der Waals surface area contributed by atoms with E-state index in [1.165, 1.54) is 29.2 Å². The number of carbonyl (C=O) groups excluding carboxylic acids is 2. The van der Waals surface area contributed by atoms with Gasteiger partial charge in [-0.05, 0) is 56.5 Å². The third-order valence-electron chi connectivity index (χ3n) is 5.78. The van der Waals surface area contributed by atoms with Crippen molar-refractivity contribution in [3.05, 3.63) is 63.9 Å². The number of anilines is 1. The Hall–Kier alpha value is -2.36. The molecule has 0 bridgehead atoms. The number of carbonyl (C=O) groups is 2. The third-order valence-corrected chi connectivity index (χ3v) is 7.70. The lowest BCUT2D eigenvalue weighted by atomic mass is 10.1. The quantitative estimate of drug-likeness (QED) is 0.396. The van der Waals surface area contributed by atoms with Crippen molar-refractivity contribution >= 4 is 50.7 Å². The maximum atomic E-state index is 14.3. The van der Waals surface area contributed by atoms with Crippen LogP contribution < -0.4 is 9.62 Å².